The van der Waals surface area contributed by atoms with Crippen LogP contribution < -0.4 is 5.32 Å². The Kier molecular flexibility index (Phi) is 5.08. The van der Waals surface area contributed by atoms with Gasteiger partial charge < -0.3 is 10.4 Å². The van der Waals surface area contributed by atoms with Crippen molar-refractivity contribution in [2.24, 2.45) is 0 Å². The van der Waals surface area contributed by atoms with Crippen molar-refractivity contribution >= 4 is 11.7 Å². The molecule has 0 aliphatic rings. The molecule has 0 aliphatic heterocycles. The van der Waals surface area contributed by atoms with Crippen LogP contribution in [-0.4, -0.2) is 23.8 Å². The summed E-state index contributed by atoms with van der Waals surface area (Å²) in [5, 5.41) is 11.1. The van der Waals surface area contributed by atoms with Crippen molar-refractivity contribution in [1.82, 2.24) is 0 Å². The van der Waals surface area contributed by atoms with Crippen molar-refractivity contribution in [1.29, 1.82) is 0 Å². The second kappa shape index (κ2) is 6.23. The fourth-order valence-electron chi connectivity index (χ4n) is 1.60. The third kappa shape index (κ3) is 5.52. The van der Waals surface area contributed by atoms with Crippen LogP contribution in [0.4, 0.5) is 32.0 Å². The Labute approximate surface area is 115 Å². The molecule has 0 saturated heterocycles. The third-order valence-electron chi connectivity index (χ3n) is 2.52. The number of aromatic carboxylic acids is 1. The van der Waals surface area contributed by atoms with Crippen LogP contribution in [0, 0.1) is 0 Å². The highest BCUT2D eigenvalue weighted by molar-refractivity contribution is 5.90. The monoisotopic (exact) mass is 315 g/mol. The van der Waals surface area contributed by atoms with Gasteiger partial charge in [-0.1, -0.05) is 0 Å². The van der Waals surface area contributed by atoms with Crippen molar-refractivity contribution in [3.05, 3.63) is 29.3 Å². The van der Waals surface area contributed by atoms with Crippen LogP contribution in [0.15, 0.2) is 18.2 Å². The Morgan fingerprint density at radius 3 is 2.24 bits per heavy atom. The largest absolute Gasteiger partial charge is 0.478 e. The molecule has 0 spiro atoms. The normalized spacial score (nSPS) is 12.3. The molecule has 21 heavy (non-hydrogen) atoms. The zero-order chi connectivity index (χ0) is 16.3. The molecule has 1 aromatic rings. The van der Waals surface area contributed by atoms with Gasteiger partial charge in [-0.25, -0.2) is 4.79 Å². The van der Waals surface area contributed by atoms with Gasteiger partial charge in [0.25, 0.3) is 0 Å². The summed E-state index contributed by atoms with van der Waals surface area (Å²) in [6, 6.07) is 2.40. The van der Waals surface area contributed by atoms with Gasteiger partial charge in [0, 0.05) is 18.7 Å². The maximum atomic E-state index is 12.7. The molecule has 9 heteroatoms. The van der Waals surface area contributed by atoms with E-state index in [1.54, 1.807) is 0 Å². The summed E-state index contributed by atoms with van der Waals surface area (Å²) < 4.78 is 73.8. The molecule has 0 fully saturated rings. The number of carboxylic acids is 1. The number of carboxylic acid groups (broad SMARTS) is 1. The SMILES string of the molecule is O=C(O)c1ccc(NCCCC(F)(F)F)cc1C(F)(F)F. The predicted molar refractivity (Wildman–Crippen MR) is 62.2 cm³/mol. The maximum Gasteiger partial charge on any atom is 0.417 e. The van der Waals surface area contributed by atoms with E-state index >= 15 is 0 Å². The molecule has 1 aromatic carbocycles. The van der Waals surface area contributed by atoms with Gasteiger partial charge in [-0.05, 0) is 24.6 Å². The molecule has 118 valence electrons. The van der Waals surface area contributed by atoms with E-state index < -0.39 is 35.9 Å². The average molecular weight is 315 g/mol. The molecular formula is C12H11F6NO2. The maximum absolute atomic E-state index is 12.7. The molecule has 2 N–H and O–H groups in total. The summed E-state index contributed by atoms with van der Waals surface area (Å²) in [7, 11) is 0. The van der Waals surface area contributed by atoms with Crippen LogP contribution in [0.2, 0.25) is 0 Å². The van der Waals surface area contributed by atoms with Crippen LogP contribution in [0.25, 0.3) is 0 Å². The fraction of sp³-hybridized carbons (Fsp3) is 0.417. The summed E-state index contributed by atoms with van der Waals surface area (Å²) >= 11 is 0. The third-order valence-corrected chi connectivity index (χ3v) is 2.52. The van der Waals surface area contributed by atoms with Gasteiger partial charge in [-0.3, -0.25) is 0 Å². The minimum atomic E-state index is -4.86. The Balaban J connectivity index is 2.80. The summed E-state index contributed by atoms with van der Waals surface area (Å²) in [5.74, 6) is -1.73. The van der Waals surface area contributed by atoms with Gasteiger partial charge >= 0.3 is 18.3 Å². The number of halogens is 6. The molecule has 0 saturated carbocycles. The Bertz CT molecular complexity index is 509. The average Bonchev–Trinajstić information content (AvgIpc) is 2.32. The number of carbonyl (C=O) groups is 1. The fourth-order valence-corrected chi connectivity index (χ4v) is 1.60. The van der Waals surface area contributed by atoms with E-state index in [2.05, 4.69) is 5.32 Å². The molecule has 3 nitrogen and oxygen atoms in total. The number of rotatable bonds is 5. The standard InChI is InChI=1S/C12H11F6NO2/c13-11(14,15)4-1-5-19-7-2-3-8(10(20)21)9(6-7)12(16,17)18/h2-3,6,19H,1,4-5H2,(H,20,21). The van der Waals surface area contributed by atoms with Crippen LogP contribution in [-0.2, 0) is 6.18 Å². The van der Waals surface area contributed by atoms with Gasteiger partial charge in [0.2, 0.25) is 0 Å². The summed E-state index contributed by atoms with van der Waals surface area (Å²) in [5.41, 5.74) is -2.35. The van der Waals surface area contributed by atoms with E-state index in [0.717, 1.165) is 12.1 Å². The van der Waals surface area contributed by atoms with Crippen molar-refractivity contribution in [2.75, 3.05) is 11.9 Å². The number of nitrogens with one attached hydrogen (secondary N) is 1. The van der Waals surface area contributed by atoms with E-state index in [1.165, 1.54) is 0 Å². The molecule has 1 rings (SSSR count). The summed E-state index contributed by atoms with van der Waals surface area (Å²) in [4.78, 5) is 10.7. The van der Waals surface area contributed by atoms with E-state index in [-0.39, 0.29) is 18.7 Å². The minimum Gasteiger partial charge on any atom is -0.478 e. The van der Waals surface area contributed by atoms with E-state index in [0.29, 0.717) is 6.07 Å². The van der Waals surface area contributed by atoms with Gasteiger partial charge in [0.15, 0.2) is 0 Å². The molecule has 0 amide bonds. The smallest absolute Gasteiger partial charge is 0.417 e. The molecule has 0 radical (unpaired) electrons. The molecule has 0 heterocycles. The molecule has 0 unspecified atom stereocenters. The van der Waals surface area contributed by atoms with Crippen molar-refractivity contribution in [3.63, 3.8) is 0 Å². The van der Waals surface area contributed by atoms with E-state index in [4.69, 9.17) is 5.11 Å². The highest BCUT2D eigenvalue weighted by Gasteiger charge is 2.35. The first-order valence-electron chi connectivity index (χ1n) is 5.76. The highest BCUT2D eigenvalue weighted by atomic mass is 19.4. The van der Waals surface area contributed by atoms with Gasteiger partial charge in [0.05, 0.1) is 11.1 Å². The Morgan fingerprint density at radius 2 is 1.76 bits per heavy atom. The van der Waals surface area contributed by atoms with Crippen LogP contribution in [0.3, 0.4) is 0 Å². The topological polar surface area (TPSA) is 49.3 Å². The lowest BCUT2D eigenvalue weighted by atomic mass is 10.1. The van der Waals surface area contributed by atoms with Crippen LogP contribution in [0.5, 0.6) is 0 Å². The van der Waals surface area contributed by atoms with E-state index in [9.17, 15) is 31.1 Å². The van der Waals surface area contributed by atoms with Crippen LogP contribution in [0.1, 0.15) is 28.8 Å². The molecule has 0 atom stereocenters. The lowest BCUT2D eigenvalue weighted by Gasteiger charge is -2.13. The molecular weight excluding hydrogens is 304 g/mol. The highest BCUT2D eigenvalue weighted by Crippen LogP contribution is 2.34. The number of hydrogen-bond acceptors (Lipinski definition) is 2. The van der Waals surface area contributed by atoms with Crippen molar-refractivity contribution < 1.29 is 36.2 Å². The lowest BCUT2D eigenvalue weighted by molar-refractivity contribution is -0.138. The first kappa shape index (κ1) is 17.1. The minimum absolute atomic E-state index is 0.0884. The summed E-state index contributed by atoms with van der Waals surface area (Å²) in [6.07, 6.45) is -10.5. The second-order valence-corrected chi connectivity index (χ2v) is 4.21. The Morgan fingerprint density at radius 1 is 1.14 bits per heavy atom. The second-order valence-electron chi connectivity index (χ2n) is 4.21. The molecule has 0 bridgehead atoms. The zero-order valence-electron chi connectivity index (χ0n) is 10.5. The van der Waals surface area contributed by atoms with Crippen LogP contribution >= 0.6 is 0 Å². The predicted octanol–water partition coefficient (Wildman–Crippen LogP) is 4.16. The molecule has 0 aliphatic carbocycles. The van der Waals surface area contributed by atoms with Gasteiger partial charge in [-0.15, -0.1) is 0 Å². The Hall–Kier alpha value is -1.93. The van der Waals surface area contributed by atoms with Gasteiger partial charge in [-0.2, -0.15) is 26.3 Å². The van der Waals surface area contributed by atoms with Crippen molar-refractivity contribution in [3.8, 4) is 0 Å². The first-order chi connectivity index (χ1) is 9.50. The number of anilines is 1. The van der Waals surface area contributed by atoms with E-state index in [1.807, 2.05) is 0 Å². The van der Waals surface area contributed by atoms with Gasteiger partial charge in [0.1, 0.15) is 0 Å². The quantitative estimate of drug-likeness (QED) is 0.634. The summed E-state index contributed by atoms with van der Waals surface area (Å²) in [6.45, 7) is -0.177. The number of hydrogen-bond donors (Lipinski definition) is 2. The lowest BCUT2D eigenvalue weighted by Crippen LogP contribution is -2.14. The number of alkyl halides is 6. The van der Waals surface area contributed by atoms with Crippen molar-refractivity contribution in [2.45, 2.75) is 25.2 Å². The molecule has 0 aromatic heterocycles. The zero-order valence-corrected chi connectivity index (χ0v) is 10.5. The number of benzene rings is 1. The first-order valence-corrected chi connectivity index (χ1v) is 5.76.